The van der Waals surface area contributed by atoms with Gasteiger partial charge in [-0.1, -0.05) is 23.5 Å². The van der Waals surface area contributed by atoms with Gasteiger partial charge in [-0.3, -0.25) is 9.79 Å². The van der Waals surface area contributed by atoms with Crippen molar-refractivity contribution in [3.8, 4) is 0 Å². The topological polar surface area (TPSA) is 41.5 Å². The summed E-state index contributed by atoms with van der Waals surface area (Å²) >= 11 is 3.13. The summed E-state index contributed by atoms with van der Waals surface area (Å²) in [6.07, 6.45) is 0. The van der Waals surface area contributed by atoms with Gasteiger partial charge < -0.3 is 5.32 Å². The number of thioether (sulfide) groups is 2. The van der Waals surface area contributed by atoms with Gasteiger partial charge in [-0.2, -0.15) is 0 Å². The van der Waals surface area contributed by atoms with E-state index >= 15 is 0 Å². The van der Waals surface area contributed by atoms with Gasteiger partial charge in [-0.25, -0.2) is 4.39 Å². The predicted molar refractivity (Wildman–Crippen MR) is 77.0 cm³/mol. The van der Waals surface area contributed by atoms with Gasteiger partial charge in [0, 0.05) is 11.4 Å². The van der Waals surface area contributed by atoms with Gasteiger partial charge in [0.15, 0.2) is 0 Å². The Morgan fingerprint density at radius 1 is 1.61 bits per heavy atom. The molecular formula is C12H13FN2OS2. The molecule has 1 aliphatic heterocycles. The van der Waals surface area contributed by atoms with Crippen LogP contribution in [0.1, 0.15) is 5.56 Å². The zero-order valence-electron chi connectivity index (χ0n) is 9.90. The lowest BCUT2D eigenvalue weighted by Gasteiger charge is -2.08. The predicted octanol–water partition coefficient (Wildman–Crippen LogP) is 2.91. The van der Waals surface area contributed by atoms with Crippen molar-refractivity contribution < 1.29 is 9.18 Å². The Morgan fingerprint density at radius 2 is 2.44 bits per heavy atom. The maximum Gasteiger partial charge on any atom is 0.234 e. The molecule has 3 nitrogen and oxygen atoms in total. The number of benzene rings is 1. The van der Waals surface area contributed by atoms with Crippen LogP contribution in [0.25, 0.3) is 0 Å². The molecule has 0 aromatic heterocycles. The number of aryl methyl sites for hydroxylation is 1. The molecule has 0 spiro atoms. The quantitative estimate of drug-likeness (QED) is 0.928. The molecule has 18 heavy (non-hydrogen) atoms. The summed E-state index contributed by atoms with van der Waals surface area (Å²) in [5, 5.41) is 2.77. The van der Waals surface area contributed by atoms with Crippen molar-refractivity contribution in [3.05, 3.63) is 29.6 Å². The Hall–Kier alpha value is -1.01. The molecule has 0 unspecified atom stereocenters. The first-order valence-electron chi connectivity index (χ1n) is 5.51. The van der Waals surface area contributed by atoms with Crippen LogP contribution in [0.5, 0.6) is 0 Å². The molecule has 0 saturated heterocycles. The first-order chi connectivity index (χ1) is 8.65. The molecule has 1 aromatic rings. The van der Waals surface area contributed by atoms with Crippen molar-refractivity contribution in [2.45, 2.75) is 6.92 Å². The van der Waals surface area contributed by atoms with Crippen LogP contribution in [-0.4, -0.2) is 28.3 Å². The van der Waals surface area contributed by atoms with E-state index in [1.54, 1.807) is 24.8 Å². The van der Waals surface area contributed by atoms with Crippen LogP contribution in [0.15, 0.2) is 23.2 Å². The number of carbonyl (C=O) groups excluding carboxylic acids is 1. The maximum atomic E-state index is 12.9. The van der Waals surface area contributed by atoms with Crippen molar-refractivity contribution in [2.24, 2.45) is 4.99 Å². The van der Waals surface area contributed by atoms with E-state index in [0.29, 0.717) is 11.4 Å². The molecular weight excluding hydrogens is 271 g/mol. The number of anilines is 1. The Morgan fingerprint density at radius 3 is 3.11 bits per heavy atom. The van der Waals surface area contributed by atoms with E-state index in [9.17, 15) is 9.18 Å². The average molecular weight is 284 g/mol. The fourth-order valence-electron chi connectivity index (χ4n) is 1.48. The first-order valence-corrected chi connectivity index (χ1v) is 7.48. The van der Waals surface area contributed by atoms with Crippen LogP contribution >= 0.6 is 23.5 Å². The summed E-state index contributed by atoms with van der Waals surface area (Å²) in [5.41, 5.74) is 1.38. The monoisotopic (exact) mass is 284 g/mol. The summed E-state index contributed by atoms with van der Waals surface area (Å²) in [7, 11) is 0. The third-order valence-electron chi connectivity index (χ3n) is 2.35. The molecule has 0 fully saturated rings. The maximum absolute atomic E-state index is 12.9. The van der Waals surface area contributed by atoms with Crippen molar-refractivity contribution in [2.75, 3.05) is 23.4 Å². The highest BCUT2D eigenvalue weighted by molar-refractivity contribution is 8.39. The second-order valence-electron chi connectivity index (χ2n) is 3.79. The number of nitrogens with zero attached hydrogens (tertiary/aromatic N) is 1. The van der Waals surface area contributed by atoms with E-state index in [1.807, 2.05) is 0 Å². The Labute approximate surface area is 114 Å². The molecule has 0 bridgehead atoms. The fourth-order valence-corrected chi connectivity index (χ4v) is 3.29. The lowest BCUT2D eigenvalue weighted by Crippen LogP contribution is -2.15. The SMILES string of the molecule is Cc1cc(F)ccc1NC(=O)CSC1=NCCS1. The van der Waals surface area contributed by atoms with E-state index in [-0.39, 0.29) is 11.7 Å². The number of aliphatic imine (C=N–C) groups is 1. The number of carbonyl (C=O) groups is 1. The van der Waals surface area contributed by atoms with Gasteiger partial charge in [0.25, 0.3) is 0 Å². The van der Waals surface area contributed by atoms with E-state index in [0.717, 1.165) is 22.2 Å². The molecule has 0 saturated carbocycles. The van der Waals surface area contributed by atoms with E-state index in [1.165, 1.54) is 23.9 Å². The third-order valence-corrected chi connectivity index (χ3v) is 4.60. The van der Waals surface area contributed by atoms with Gasteiger partial charge >= 0.3 is 0 Å². The highest BCUT2D eigenvalue weighted by Gasteiger charge is 2.11. The van der Waals surface area contributed by atoms with Gasteiger partial charge in [-0.05, 0) is 30.7 Å². The number of halogens is 1. The van der Waals surface area contributed by atoms with Crippen molar-refractivity contribution in [1.29, 1.82) is 0 Å². The molecule has 2 rings (SSSR count). The van der Waals surface area contributed by atoms with E-state index < -0.39 is 0 Å². The molecule has 1 heterocycles. The molecule has 1 amide bonds. The lowest BCUT2D eigenvalue weighted by molar-refractivity contribution is -0.113. The number of rotatable bonds is 3. The van der Waals surface area contributed by atoms with Crippen molar-refractivity contribution in [3.63, 3.8) is 0 Å². The largest absolute Gasteiger partial charge is 0.325 e. The number of hydrogen-bond donors (Lipinski definition) is 1. The Bertz CT molecular complexity index is 491. The van der Waals surface area contributed by atoms with Gasteiger partial charge in [0.05, 0.1) is 12.3 Å². The van der Waals surface area contributed by atoms with Crippen LogP contribution in [0.3, 0.4) is 0 Å². The molecule has 6 heteroatoms. The highest BCUT2D eigenvalue weighted by atomic mass is 32.2. The van der Waals surface area contributed by atoms with Crippen LogP contribution in [0, 0.1) is 12.7 Å². The summed E-state index contributed by atoms with van der Waals surface area (Å²) in [4.78, 5) is 16.0. The molecule has 0 atom stereocenters. The minimum absolute atomic E-state index is 0.0927. The third kappa shape index (κ3) is 3.74. The molecule has 0 radical (unpaired) electrons. The summed E-state index contributed by atoms with van der Waals surface area (Å²) in [6, 6.07) is 4.32. The number of nitrogens with one attached hydrogen (secondary N) is 1. The lowest BCUT2D eigenvalue weighted by atomic mass is 10.2. The first kappa shape index (κ1) is 13.4. The number of hydrogen-bond acceptors (Lipinski definition) is 4. The van der Waals surface area contributed by atoms with Gasteiger partial charge in [0.1, 0.15) is 10.2 Å². The fraction of sp³-hybridized carbons (Fsp3) is 0.333. The summed E-state index contributed by atoms with van der Waals surface area (Å²) in [5.74, 6) is 0.949. The molecule has 1 aromatic carbocycles. The average Bonchev–Trinajstić information content (AvgIpc) is 2.83. The summed E-state index contributed by atoms with van der Waals surface area (Å²) < 4.78 is 13.9. The standard InChI is InChI=1S/C12H13FN2OS2/c1-8-6-9(13)2-3-10(8)15-11(16)7-18-12-14-4-5-17-12/h2-3,6H,4-5,7H2,1H3,(H,15,16). The molecule has 96 valence electrons. The second kappa shape index (κ2) is 6.24. The summed E-state index contributed by atoms with van der Waals surface area (Å²) in [6.45, 7) is 2.61. The number of amides is 1. The van der Waals surface area contributed by atoms with Crippen molar-refractivity contribution in [1.82, 2.24) is 0 Å². The van der Waals surface area contributed by atoms with E-state index in [2.05, 4.69) is 10.3 Å². The van der Waals surface area contributed by atoms with Gasteiger partial charge in [0.2, 0.25) is 5.91 Å². The molecule has 1 N–H and O–H groups in total. The Balaban J connectivity index is 1.86. The minimum atomic E-state index is -0.295. The van der Waals surface area contributed by atoms with E-state index in [4.69, 9.17) is 0 Å². The minimum Gasteiger partial charge on any atom is -0.325 e. The normalized spacial score (nSPS) is 14.4. The zero-order valence-corrected chi connectivity index (χ0v) is 11.5. The van der Waals surface area contributed by atoms with Crippen molar-refractivity contribution >= 4 is 39.5 Å². The molecule has 0 aliphatic carbocycles. The molecule has 1 aliphatic rings. The Kier molecular flexibility index (Phi) is 4.66. The van der Waals surface area contributed by atoms with Gasteiger partial charge in [-0.15, -0.1) is 0 Å². The van der Waals surface area contributed by atoms with Crippen LogP contribution in [-0.2, 0) is 4.79 Å². The van der Waals surface area contributed by atoms with Crippen LogP contribution in [0.4, 0.5) is 10.1 Å². The highest BCUT2D eigenvalue weighted by Crippen LogP contribution is 2.22. The second-order valence-corrected chi connectivity index (χ2v) is 6.10. The van der Waals surface area contributed by atoms with Crippen LogP contribution < -0.4 is 5.32 Å². The van der Waals surface area contributed by atoms with Crippen LogP contribution in [0.2, 0.25) is 0 Å². The zero-order chi connectivity index (χ0) is 13.0. The smallest absolute Gasteiger partial charge is 0.234 e.